The fraction of sp³-hybridized carbons (Fsp3) is 0.533. The van der Waals surface area contributed by atoms with Crippen LogP contribution in [0.4, 0.5) is 18.9 Å². The number of piperazine rings is 1. The quantitative estimate of drug-likeness (QED) is 0.307. The molecule has 238 valence electrons. The van der Waals surface area contributed by atoms with Crippen LogP contribution < -0.4 is 16.4 Å². The number of aliphatic imine (C=N–C) groups is 1. The Bertz CT molecular complexity index is 1430. The summed E-state index contributed by atoms with van der Waals surface area (Å²) in [6.07, 6.45) is 2.00. The number of aromatic nitrogens is 2. The molecular formula is C30H40F3N9O2. The molecule has 1 aromatic heterocycles. The first-order chi connectivity index (χ1) is 21.1. The van der Waals surface area contributed by atoms with Gasteiger partial charge < -0.3 is 26.2 Å². The van der Waals surface area contributed by atoms with E-state index < -0.39 is 12.2 Å². The lowest BCUT2D eigenvalue weighted by Gasteiger charge is -2.37. The van der Waals surface area contributed by atoms with Crippen LogP contribution in [0.5, 0.6) is 0 Å². The molecule has 0 atom stereocenters. The van der Waals surface area contributed by atoms with E-state index in [2.05, 4.69) is 25.6 Å². The molecule has 3 aliphatic heterocycles. The van der Waals surface area contributed by atoms with Crippen LogP contribution in [0.3, 0.4) is 0 Å². The van der Waals surface area contributed by atoms with Crippen molar-refractivity contribution in [2.24, 2.45) is 17.8 Å². The highest BCUT2D eigenvalue weighted by molar-refractivity contribution is 6.00. The molecule has 0 aliphatic carbocycles. The minimum atomic E-state index is -2.88. The van der Waals surface area contributed by atoms with E-state index in [1.165, 1.54) is 24.0 Å². The van der Waals surface area contributed by atoms with Crippen molar-refractivity contribution < 1.29 is 22.8 Å². The molecule has 0 unspecified atom stereocenters. The minimum absolute atomic E-state index is 0.0304. The molecular weight excluding hydrogens is 575 g/mol. The number of hydrogen-bond acceptors (Lipinski definition) is 7. The standard InChI is InChI=1S/C30H40F3N9O2/c1-19(43)42-10-5-26(37-21-3-8-41(9-4-21)28(44)18-40-11-6-35-7-12-40)24(17-42)30(34)38-27-14-23(29(32)33)22(13-25(27)31)20-15-36-39(2)16-20/h13-16,21,29,35,37H,3-12,17-18H2,1-2H3,(H2,34,38). The zero-order chi connectivity index (χ0) is 31.4. The largest absolute Gasteiger partial charge is 0.385 e. The molecule has 2 fully saturated rings. The molecule has 14 heteroatoms. The van der Waals surface area contributed by atoms with E-state index in [0.29, 0.717) is 43.7 Å². The number of nitrogens with zero attached hydrogens (tertiary/aromatic N) is 6. The van der Waals surface area contributed by atoms with Gasteiger partial charge in [-0.05, 0) is 30.5 Å². The molecule has 3 aliphatic rings. The Morgan fingerprint density at radius 1 is 1.14 bits per heavy atom. The van der Waals surface area contributed by atoms with E-state index in [0.717, 1.165) is 56.9 Å². The van der Waals surface area contributed by atoms with Gasteiger partial charge in [0.2, 0.25) is 11.8 Å². The third kappa shape index (κ3) is 7.41. The van der Waals surface area contributed by atoms with Crippen LogP contribution >= 0.6 is 0 Å². The lowest BCUT2D eigenvalue weighted by Crippen LogP contribution is -2.51. The maximum absolute atomic E-state index is 15.3. The SMILES string of the molecule is CC(=O)N1CCC(NC2CCN(C(=O)CN3CCNCC3)CC2)=C(C(N)=Nc2cc(C(F)F)c(-c3cnn(C)c3)cc2F)C1. The number of carbonyl (C=O) groups is 2. The lowest BCUT2D eigenvalue weighted by molar-refractivity contribution is -0.133. The number of aryl methyl sites for hydroxylation is 1. The number of amides is 2. The van der Waals surface area contributed by atoms with Gasteiger partial charge in [0.05, 0.1) is 19.3 Å². The van der Waals surface area contributed by atoms with E-state index in [1.54, 1.807) is 11.9 Å². The zero-order valence-corrected chi connectivity index (χ0v) is 25.2. The van der Waals surface area contributed by atoms with Crippen LogP contribution in [-0.2, 0) is 16.6 Å². The van der Waals surface area contributed by atoms with Gasteiger partial charge in [0, 0.05) is 101 Å². The number of nitrogens with two attached hydrogens (primary N) is 1. The summed E-state index contributed by atoms with van der Waals surface area (Å²) >= 11 is 0. The average molecular weight is 616 g/mol. The van der Waals surface area contributed by atoms with E-state index in [9.17, 15) is 18.4 Å². The first-order valence-electron chi connectivity index (χ1n) is 15.0. The zero-order valence-electron chi connectivity index (χ0n) is 25.2. The molecule has 44 heavy (non-hydrogen) atoms. The smallest absolute Gasteiger partial charge is 0.264 e. The number of hydrogen-bond donors (Lipinski definition) is 3. The van der Waals surface area contributed by atoms with Gasteiger partial charge in [-0.15, -0.1) is 0 Å². The number of halogens is 3. The van der Waals surface area contributed by atoms with Crippen LogP contribution in [0.15, 0.2) is 40.8 Å². The molecule has 0 spiro atoms. The lowest BCUT2D eigenvalue weighted by atomic mass is 9.99. The Labute approximate surface area is 254 Å². The van der Waals surface area contributed by atoms with Gasteiger partial charge in [-0.2, -0.15) is 5.10 Å². The third-order valence-corrected chi connectivity index (χ3v) is 8.50. The summed E-state index contributed by atoms with van der Waals surface area (Å²) in [6, 6.07) is 2.11. The normalized spacial score (nSPS) is 19.2. The molecule has 4 heterocycles. The van der Waals surface area contributed by atoms with Crippen LogP contribution in [0.2, 0.25) is 0 Å². The van der Waals surface area contributed by atoms with Gasteiger partial charge in [-0.25, -0.2) is 18.2 Å². The van der Waals surface area contributed by atoms with E-state index in [4.69, 9.17) is 5.73 Å². The number of nitrogens with one attached hydrogen (secondary N) is 2. The molecule has 5 rings (SSSR count). The van der Waals surface area contributed by atoms with Crippen molar-refractivity contribution in [3.05, 3.63) is 47.2 Å². The highest BCUT2D eigenvalue weighted by Crippen LogP contribution is 2.36. The van der Waals surface area contributed by atoms with Crippen LogP contribution in [0, 0.1) is 5.82 Å². The van der Waals surface area contributed by atoms with Gasteiger partial charge in [0.15, 0.2) is 0 Å². The molecule has 1 aromatic carbocycles. The first kappa shape index (κ1) is 31.5. The van der Waals surface area contributed by atoms with Crippen molar-refractivity contribution in [2.45, 2.75) is 38.7 Å². The van der Waals surface area contributed by atoms with E-state index in [1.807, 2.05) is 4.90 Å². The number of piperidine rings is 1. The molecule has 2 saturated heterocycles. The Hall–Kier alpha value is -3.91. The second-order valence-electron chi connectivity index (χ2n) is 11.6. The van der Waals surface area contributed by atoms with Gasteiger partial charge in [0.1, 0.15) is 17.3 Å². The van der Waals surface area contributed by atoms with Crippen LogP contribution in [-0.4, -0.2) is 107 Å². The highest BCUT2D eigenvalue weighted by atomic mass is 19.3. The van der Waals surface area contributed by atoms with Gasteiger partial charge in [-0.3, -0.25) is 19.2 Å². The molecule has 4 N–H and O–H groups in total. The third-order valence-electron chi connectivity index (χ3n) is 8.50. The summed E-state index contributed by atoms with van der Waals surface area (Å²) < 4.78 is 44.8. The van der Waals surface area contributed by atoms with Crippen molar-refractivity contribution in [2.75, 3.05) is 58.9 Å². The topological polar surface area (TPSA) is 124 Å². The number of amidine groups is 1. The second-order valence-corrected chi connectivity index (χ2v) is 11.6. The minimum Gasteiger partial charge on any atom is -0.385 e. The summed E-state index contributed by atoms with van der Waals surface area (Å²) in [5, 5.41) is 10.9. The van der Waals surface area contributed by atoms with Crippen molar-refractivity contribution in [3.8, 4) is 11.1 Å². The number of likely N-dealkylation sites (tertiary alicyclic amines) is 1. The molecule has 0 saturated carbocycles. The van der Waals surface area contributed by atoms with Crippen LogP contribution in [0.1, 0.15) is 38.2 Å². The Balaban J connectivity index is 1.34. The fourth-order valence-corrected chi connectivity index (χ4v) is 5.96. The fourth-order valence-electron chi connectivity index (χ4n) is 5.96. The predicted molar refractivity (Wildman–Crippen MR) is 161 cm³/mol. The summed E-state index contributed by atoms with van der Waals surface area (Å²) in [6.45, 7) is 7.27. The van der Waals surface area contributed by atoms with E-state index >= 15 is 4.39 Å². The Morgan fingerprint density at radius 3 is 2.50 bits per heavy atom. The number of carbonyl (C=O) groups excluding carboxylic acids is 2. The van der Waals surface area contributed by atoms with Crippen molar-refractivity contribution in [3.63, 3.8) is 0 Å². The average Bonchev–Trinajstić information content (AvgIpc) is 3.44. The van der Waals surface area contributed by atoms with Gasteiger partial charge in [-0.1, -0.05) is 0 Å². The van der Waals surface area contributed by atoms with Gasteiger partial charge >= 0.3 is 0 Å². The monoisotopic (exact) mass is 615 g/mol. The molecule has 0 radical (unpaired) electrons. The molecule has 2 aromatic rings. The molecule has 2 amide bonds. The van der Waals surface area contributed by atoms with Gasteiger partial charge in [0.25, 0.3) is 6.43 Å². The van der Waals surface area contributed by atoms with E-state index in [-0.39, 0.29) is 47.1 Å². The summed E-state index contributed by atoms with van der Waals surface area (Å²) in [5.41, 5.74) is 7.43. The van der Waals surface area contributed by atoms with Crippen molar-refractivity contribution in [1.82, 2.24) is 35.1 Å². The van der Waals surface area contributed by atoms with Crippen molar-refractivity contribution in [1.29, 1.82) is 0 Å². The number of benzene rings is 1. The Morgan fingerprint density at radius 2 is 1.86 bits per heavy atom. The van der Waals surface area contributed by atoms with Crippen molar-refractivity contribution >= 4 is 23.3 Å². The van der Waals surface area contributed by atoms with Crippen LogP contribution in [0.25, 0.3) is 11.1 Å². The summed E-state index contributed by atoms with van der Waals surface area (Å²) in [7, 11) is 1.65. The number of alkyl halides is 2. The summed E-state index contributed by atoms with van der Waals surface area (Å²) in [4.78, 5) is 35.0. The second kappa shape index (κ2) is 13.8. The first-order valence-corrected chi connectivity index (χ1v) is 15.0. The maximum Gasteiger partial charge on any atom is 0.264 e. The Kier molecular flexibility index (Phi) is 9.89. The highest BCUT2D eigenvalue weighted by Gasteiger charge is 2.29. The molecule has 11 nitrogen and oxygen atoms in total. The maximum atomic E-state index is 15.3. The summed E-state index contributed by atoms with van der Waals surface area (Å²) in [5.74, 6) is -0.854. The number of rotatable bonds is 8. The predicted octanol–water partition coefficient (Wildman–Crippen LogP) is 2.14. The molecule has 0 bridgehead atoms.